The van der Waals surface area contributed by atoms with Crippen LogP contribution >= 0.6 is 0 Å². The first kappa shape index (κ1) is 11.3. The van der Waals surface area contributed by atoms with Crippen molar-refractivity contribution in [2.24, 2.45) is 0 Å². The molecule has 0 radical (unpaired) electrons. The van der Waals surface area contributed by atoms with E-state index in [0.717, 1.165) is 0 Å². The third-order valence-corrected chi connectivity index (χ3v) is 1.75. The molecule has 0 spiro atoms. The van der Waals surface area contributed by atoms with Crippen LogP contribution in [-0.2, 0) is 0 Å². The Bertz CT molecular complexity index is 179. The highest BCUT2D eigenvalue weighted by Crippen LogP contribution is 2.25. The number of nitrogens with zero attached hydrogens (tertiary/aromatic N) is 1. The van der Waals surface area contributed by atoms with Gasteiger partial charge in [0.05, 0.1) is 6.42 Å². The van der Waals surface area contributed by atoms with E-state index in [9.17, 15) is 13.2 Å². The molecule has 72 valence electrons. The number of halogens is 3. The van der Waals surface area contributed by atoms with Crippen LogP contribution in [0.4, 0.5) is 13.2 Å². The molecule has 0 fully saturated rings. The number of alkyl halides is 3. The number of allylic oxidation sites excluding steroid dienone is 2. The molecule has 12 heavy (non-hydrogen) atoms. The third kappa shape index (κ3) is 4.26. The second-order valence-corrected chi connectivity index (χ2v) is 3.05. The molecule has 0 bridgehead atoms. The molecule has 0 aromatic carbocycles. The van der Waals surface area contributed by atoms with Gasteiger partial charge in [-0.3, -0.25) is 0 Å². The molecule has 0 aromatic rings. The molecule has 0 amide bonds. The minimum absolute atomic E-state index is 0.368. The van der Waals surface area contributed by atoms with E-state index in [4.69, 9.17) is 0 Å². The van der Waals surface area contributed by atoms with Crippen LogP contribution in [0.25, 0.3) is 0 Å². The molecule has 0 saturated heterocycles. The van der Waals surface area contributed by atoms with Gasteiger partial charge in [0.2, 0.25) is 0 Å². The molecular formula is C8H14F3N. The Hall–Kier alpha value is -0.670. The molecule has 0 saturated carbocycles. The van der Waals surface area contributed by atoms with E-state index in [1.165, 1.54) is 6.92 Å². The molecule has 0 unspecified atom stereocenters. The van der Waals surface area contributed by atoms with Crippen molar-refractivity contribution in [1.29, 1.82) is 0 Å². The fourth-order valence-electron chi connectivity index (χ4n) is 0.810. The van der Waals surface area contributed by atoms with Crippen LogP contribution in [0.15, 0.2) is 11.3 Å². The number of hydrogen-bond donors (Lipinski definition) is 0. The Morgan fingerprint density at radius 2 is 1.58 bits per heavy atom. The predicted octanol–water partition coefficient (Wildman–Crippen LogP) is 2.79. The summed E-state index contributed by atoms with van der Waals surface area (Å²) in [5.74, 6) is 0. The van der Waals surface area contributed by atoms with Crippen LogP contribution in [-0.4, -0.2) is 25.2 Å². The van der Waals surface area contributed by atoms with Crippen LogP contribution in [0.2, 0.25) is 0 Å². The van der Waals surface area contributed by atoms with Gasteiger partial charge in [-0.2, -0.15) is 13.2 Å². The van der Waals surface area contributed by atoms with E-state index in [0.29, 0.717) is 11.3 Å². The van der Waals surface area contributed by atoms with Gasteiger partial charge < -0.3 is 4.90 Å². The molecule has 0 aromatic heterocycles. The van der Waals surface area contributed by atoms with Gasteiger partial charge >= 0.3 is 6.18 Å². The van der Waals surface area contributed by atoms with E-state index >= 15 is 0 Å². The highest BCUT2D eigenvalue weighted by Gasteiger charge is 2.28. The molecule has 0 N–H and O–H groups in total. The zero-order valence-electron chi connectivity index (χ0n) is 7.79. The lowest BCUT2D eigenvalue weighted by Gasteiger charge is -2.17. The Morgan fingerprint density at radius 1 is 1.17 bits per heavy atom. The van der Waals surface area contributed by atoms with Crippen LogP contribution < -0.4 is 0 Å². The molecular weight excluding hydrogens is 167 g/mol. The SMILES string of the molecule is C/C(CC(F)(F)F)=C(\C)N(C)C. The first-order valence-electron chi connectivity index (χ1n) is 3.64. The van der Waals surface area contributed by atoms with Gasteiger partial charge in [-0.1, -0.05) is 0 Å². The smallest absolute Gasteiger partial charge is 0.381 e. The van der Waals surface area contributed by atoms with Gasteiger partial charge in [0.25, 0.3) is 0 Å². The van der Waals surface area contributed by atoms with Crippen molar-refractivity contribution in [2.75, 3.05) is 14.1 Å². The van der Waals surface area contributed by atoms with E-state index in [1.54, 1.807) is 25.9 Å². The fourth-order valence-corrected chi connectivity index (χ4v) is 0.810. The monoisotopic (exact) mass is 181 g/mol. The number of hydrogen-bond acceptors (Lipinski definition) is 1. The molecule has 0 aliphatic rings. The van der Waals surface area contributed by atoms with Crippen molar-refractivity contribution in [1.82, 2.24) is 4.90 Å². The van der Waals surface area contributed by atoms with Gasteiger partial charge in [0, 0.05) is 19.8 Å². The van der Waals surface area contributed by atoms with E-state index in [1.807, 2.05) is 0 Å². The zero-order valence-corrected chi connectivity index (χ0v) is 7.79. The topological polar surface area (TPSA) is 3.24 Å². The Labute approximate surface area is 70.9 Å². The van der Waals surface area contributed by atoms with Gasteiger partial charge in [0.1, 0.15) is 0 Å². The highest BCUT2D eigenvalue weighted by atomic mass is 19.4. The molecule has 0 atom stereocenters. The summed E-state index contributed by atoms with van der Waals surface area (Å²) in [4.78, 5) is 1.68. The van der Waals surface area contributed by atoms with Crippen molar-refractivity contribution in [3.63, 3.8) is 0 Å². The Balaban J connectivity index is 4.38. The van der Waals surface area contributed by atoms with E-state index < -0.39 is 12.6 Å². The Morgan fingerprint density at radius 3 is 1.83 bits per heavy atom. The third-order valence-electron chi connectivity index (χ3n) is 1.75. The summed E-state index contributed by atoms with van der Waals surface area (Å²) in [6, 6.07) is 0. The van der Waals surface area contributed by atoms with Crippen molar-refractivity contribution < 1.29 is 13.2 Å². The van der Waals surface area contributed by atoms with Crippen molar-refractivity contribution in [2.45, 2.75) is 26.4 Å². The van der Waals surface area contributed by atoms with Crippen molar-refractivity contribution in [3.05, 3.63) is 11.3 Å². The highest BCUT2D eigenvalue weighted by molar-refractivity contribution is 5.08. The summed E-state index contributed by atoms with van der Waals surface area (Å²) < 4.78 is 35.6. The molecule has 0 heterocycles. The molecule has 0 rings (SSSR count). The predicted molar refractivity (Wildman–Crippen MR) is 42.7 cm³/mol. The summed E-state index contributed by atoms with van der Waals surface area (Å²) in [5, 5.41) is 0. The average molecular weight is 181 g/mol. The van der Waals surface area contributed by atoms with E-state index in [2.05, 4.69) is 0 Å². The second-order valence-electron chi connectivity index (χ2n) is 3.05. The molecule has 1 nitrogen and oxygen atoms in total. The molecule has 4 heteroatoms. The maximum atomic E-state index is 11.9. The molecule has 0 aliphatic carbocycles. The Kier molecular flexibility index (Phi) is 3.61. The standard InChI is InChI=1S/C8H14F3N/c1-6(5-8(9,10)11)7(2)12(3)4/h5H2,1-4H3/b7-6-. The summed E-state index contributed by atoms with van der Waals surface area (Å²) in [5.41, 5.74) is 1.04. The van der Waals surface area contributed by atoms with Crippen molar-refractivity contribution >= 4 is 0 Å². The first-order valence-corrected chi connectivity index (χ1v) is 3.64. The zero-order chi connectivity index (χ0) is 9.94. The van der Waals surface area contributed by atoms with Crippen LogP contribution in [0.5, 0.6) is 0 Å². The lowest BCUT2D eigenvalue weighted by atomic mass is 10.1. The lowest BCUT2D eigenvalue weighted by molar-refractivity contribution is -0.127. The summed E-state index contributed by atoms with van der Waals surface area (Å²) in [6.07, 6.45) is -4.92. The first-order chi connectivity index (χ1) is 5.24. The maximum Gasteiger partial charge on any atom is 0.392 e. The summed E-state index contributed by atoms with van der Waals surface area (Å²) in [7, 11) is 3.46. The lowest BCUT2D eigenvalue weighted by Crippen LogP contribution is -2.14. The molecule has 0 aliphatic heterocycles. The van der Waals surface area contributed by atoms with Gasteiger partial charge in [0.15, 0.2) is 0 Å². The second kappa shape index (κ2) is 3.83. The minimum Gasteiger partial charge on any atom is -0.381 e. The minimum atomic E-state index is -4.10. The average Bonchev–Trinajstić information content (AvgIpc) is 1.82. The maximum absolute atomic E-state index is 11.9. The van der Waals surface area contributed by atoms with Crippen LogP contribution in [0.1, 0.15) is 20.3 Å². The van der Waals surface area contributed by atoms with Gasteiger partial charge in [-0.15, -0.1) is 0 Å². The van der Waals surface area contributed by atoms with Crippen LogP contribution in [0, 0.1) is 0 Å². The van der Waals surface area contributed by atoms with Crippen LogP contribution in [0.3, 0.4) is 0 Å². The van der Waals surface area contributed by atoms with Gasteiger partial charge in [-0.25, -0.2) is 0 Å². The van der Waals surface area contributed by atoms with Crippen molar-refractivity contribution in [3.8, 4) is 0 Å². The summed E-state index contributed by atoms with van der Waals surface area (Å²) in [6.45, 7) is 3.18. The van der Waals surface area contributed by atoms with Gasteiger partial charge in [-0.05, 0) is 19.4 Å². The number of rotatable bonds is 2. The quantitative estimate of drug-likeness (QED) is 0.633. The normalized spacial score (nSPS) is 14.2. The largest absolute Gasteiger partial charge is 0.392 e. The van der Waals surface area contributed by atoms with E-state index in [-0.39, 0.29) is 0 Å². The fraction of sp³-hybridized carbons (Fsp3) is 0.750. The summed E-state index contributed by atoms with van der Waals surface area (Å²) >= 11 is 0.